The number of hydrogen-bond donors (Lipinski definition) is 0. The summed E-state index contributed by atoms with van der Waals surface area (Å²) in [4.78, 5) is 0. The van der Waals surface area contributed by atoms with Crippen LogP contribution in [0.1, 0.15) is 99.3 Å². The molecule has 0 aromatic heterocycles. The minimum absolute atomic E-state index is 0.448. The summed E-state index contributed by atoms with van der Waals surface area (Å²) in [6.45, 7) is 13.2. The molecule has 0 rings (SSSR count). The third kappa shape index (κ3) is 14.6. The van der Waals surface area contributed by atoms with Crippen molar-refractivity contribution in [3.63, 3.8) is 0 Å². The van der Waals surface area contributed by atoms with E-state index in [1.165, 1.54) is 0 Å². The predicted molar refractivity (Wildman–Crippen MR) is 116 cm³/mol. The molecule has 29 heavy (non-hydrogen) atoms. The molecule has 0 heterocycles. The Morgan fingerprint density at radius 2 is 0.828 bits per heavy atom. The lowest BCUT2D eigenvalue weighted by molar-refractivity contribution is -0.161. The van der Waals surface area contributed by atoms with Crippen molar-refractivity contribution in [3.05, 3.63) is 0 Å². The molecule has 176 valence electrons. The summed E-state index contributed by atoms with van der Waals surface area (Å²) in [5.74, 6) is 0. The number of unbranched alkanes of at least 4 members (excludes halogenated alkanes) is 3. The van der Waals surface area contributed by atoms with Gasteiger partial charge in [-0.3, -0.25) is 13.6 Å². The zero-order valence-corrected chi connectivity index (χ0v) is 20.4. The molecule has 0 spiro atoms. The van der Waals surface area contributed by atoms with Gasteiger partial charge in [0.1, 0.15) is 0 Å². The number of phosphoric acid groups is 1. The van der Waals surface area contributed by atoms with Gasteiger partial charge in [0.15, 0.2) is 18.9 Å². The lowest BCUT2D eigenvalue weighted by Crippen LogP contribution is -2.25. The van der Waals surface area contributed by atoms with Crippen molar-refractivity contribution in [1.29, 1.82) is 0 Å². The van der Waals surface area contributed by atoms with Gasteiger partial charge in [0.05, 0.1) is 0 Å². The highest BCUT2D eigenvalue weighted by molar-refractivity contribution is 7.48. The molecule has 7 nitrogen and oxygen atoms in total. The van der Waals surface area contributed by atoms with Gasteiger partial charge >= 0.3 is 7.82 Å². The van der Waals surface area contributed by atoms with Crippen molar-refractivity contribution in [2.24, 2.45) is 0 Å². The van der Waals surface area contributed by atoms with Gasteiger partial charge in [0.25, 0.3) is 0 Å². The fraction of sp³-hybridized carbons (Fsp3) is 1.00. The van der Waals surface area contributed by atoms with Crippen molar-refractivity contribution in [2.45, 2.75) is 118 Å². The molecule has 0 aliphatic carbocycles. The maximum absolute atomic E-state index is 13.7. The highest BCUT2D eigenvalue weighted by Crippen LogP contribution is 2.54. The summed E-state index contributed by atoms with van der Waals surface area (Å²) in [6, 6.07) is 0. The maximum Gasteiger partial charge on any atom is 0.481 e. The standard InChI is InChI=1S/C21H45O7P/c1-7-13-16-19(23-10-4)26-29(22,27-20(24-11-5)17-14-8-2)28-21(25-12-6)18-15-9-3/h19-21H,7-18H2,1-6H3. The average Bonchev–Trinajstić information content (AvgIpc) is 2.69. The molecular weight excluding hydrogens is 395 g/mol. The molecule has 0 bridgehead atoms. The van der Waals surface area contributed by atoms with Gasteiger partial charge in [-0.2, -0.15) is 0 Å². The summed E-state index contributed by atoms with van der Waals surface area (Å²) in [7, 11) is -3.97. The van der Waals surface area contributed by atoms with E-state index >= 15 is 0 Å². The van der Waals surface area contributed by atoms with Gasteiger partial charge in [-0.15, -0.1) is 0 Å². The summed E-state index contributed by atoms with van der Waals surface area (Å²) >= 11 is 0. The molecular formula is C21H45O7P. The highest BCUT2D eigenvalue weighted by atomic mass is 31.2. The Morgan fingerprint density at radius 1 is 0.552 bits per heavy atom. The average molecular weight is 441 g/mol. The molecule has 3 unspecified atom stereocenters. The van der Waals surface area contributed by atoms with Gasteiger partial charge in [-0.1, -0.05) is 40.0 Å². The number of phosphoric ester groups is 1. The summed E-state index contributed by atoms with van der Waals surface area (Å²) in [5, 5.41) is 0. The summed E-state index contributed by atoms with van der Waals surface area (Å²) < 4.78 is 48.1. The zero-order chi connectivity index (χ0) is 22.0. The van der Waals surface area contributed by atoms with E-state index in [1.807, 2.05) is 20.8 Å². The molecule has 8 heteroatoms. The third-order valence-electron chi connectivity index (χ3n) is 4.18. The van der Waals surface area contributed by atoms with Crippen LogP contribution in [-0.2, 0) is 32.3 Å². The van der Waals surface area contributed by atoms with E-state index in [4.69, 9.17) is 27.8 Å². The van der Waals surface area contributed by atoms with Crippen LogP contribution in [0, 0.1) is 0 Å². The molecule has 0 aliphatic heterocycles. The Kier molecular flexibility index (Phi) is 18.7. The Morgan fingerprint density at radius 3 is 1.03 bits per heavy atom. The highest BCUT2D eigenvalue weighted by Gasteiger charge is 2.37. The molecule has 0 N–H and O–H groups in total. The lowest BCUT2D eigenvalue weighted by atomic mass is 10.2. The SMILES string of the molecule is CCCCC(OCC)OP(=O)(OC(CCCC)OCC)OC(CCCC)OCC. The second-order valence-electron chi connectivity index (χ2n) is 6.84. The number of rotatable bonds is 21. The van der Waals surface area contributed by atoms with Crippen LogP contribution in [0.25, 0.3) is 0 Å². The predicted octanol–water partition coefficient (Wildman–Crippen LogP) is 6.80. The largest absolute Gasteiger partial charge is 0.481 e. The van der Waals surface area contributed by atoms with Crippen LogP contribution in [0.5, 0.6) is 0 Å². The van der Waals surface area contributed by atoms with Crippen molar-refractivity contribution < 1.29 is 32.3 Å². The molecule has 3 atom stereocenters. The van der Waals surface area contributed by atoms with E-state index in [0.29, 0.717) is 39.1 Å². The van der Waals surface area contributed by atoms with Gasteiger partial charge in [-0.25, -0.2) is 4.57 Å². The van der Waals surface area contributed by atoms with Gasteiger partial charge in [-0.05, 0) is 59.3 Å². The van der Waals surface area contributed by atoms with Gasteiger partial charge < -0.3 is 14.2 Å². The van der Waals surface area contributed by atoms with E-state index in [0.717, 1.165) is 38.5 Å². The second kappa shape index (κ2) is 18.7. The zero-order valence-electron chi connectivity index (χ0n) is 19.5. The quantitative estimate of drug-likeness (QED) is 0.143. The molecule has 0 aliphatic rings. The van der Waals surface area contributed by atoms with Crippen molar-refractivity contribution in [3.8, 4) is 0 Å². The smallest absolute Gasteiger partial charge is 0.352 e. The normalized spacial score (nSPS) is 17.0. The maximum atomic E-state index is 13.7. The fourth-order valence-electron chi connectivity index (χ4n) is 2.68. The van der Waals surface area contributed by atoms with Crippen molar-refractivity contribution in [1.82, 2.24) is 0 Å². The first-order valence-electron chi connectivity index (χ1n) is 11.5. The Hall–Kier alpha value is -0.0100. The van der Waals surface area contributed by atoms with Crippen LogP contribution in [0.15, 0.2) is 0 Å². The van der Waals surface area contributed by atoms with E-state index in [-0.39, 0.29) is 0 Å². The van der Waals surface area contributed by atoms with Crippen LogP contribution < -0.4 is 0 Å². The van der Waals surface area contributed by atoms with Crippen molar-refractivity contribution >= 4 is 7.82 Å². The van der Waals surface area contributed by atoms with Crippen molar-refractivity contribution in [2.75, 3.05) is 19.8 Å². The minimum atomic E-state index is -3.97. The van der Waals surface area contributed by atoms with E-state index in [9.17, 15) is 4.57 Å². The van der Waals surface area contributed by atoms with Crippen LogP contribution in [0.2, 0.25) is 0 Å². The van der Waals surface area contributed by atoms with E-state index < -0.39 is 26.7 Å². The van der Waals surface area contributed by atoms with Gasteiger partial charge in [0, 0.05) is 19.8 Å². The molecule has 0 aromatic carbocycles. The van der Waals surface area contributed by atoms with Crippen LogP contribution in [0.3, 0.4) is 0 Å². The van der Waals surface area contributed by atoms with E-state index in [1.54, 1.807) is 0 Å². The van der Waals surface area contributed by atoms with Crippen LogP contribution in [-0.4, -0.2) is 38.7 Å². The molecule has 0 saturated heterocycles. The summed E-state index contributed by atoms with van der Waals surface area (Å²) in [5.41, 5.74) is 0. The third-order valence-corrected chi connectivity index (χ3v) is 5.66. The first kappa shape index (κ1) is 29.0. The van der Waals surface area contributed by atoms with Crippen LogP contribution >= 0.6 is 7.82 Å². The van der Waals surface area contributed by atoms with E-state index in [2.05, 4.69) is 20.8 Å². The topological polar surface area (TPSA) is 72.5 Å². The summed E-state index contributed by atoms with van der Waals surface area (Å²) in [6.07, 6.45) is 5.48. The molecule has 0 radical (unpaired) electrons. The second-order valence-corrected chi connectivity index (χ2v) is 8.37. The molecule has 0 saturated carbocycles. The first-order valence-corrected chi connectivity index (χ1v) is 12.9. The molecule has 0 aromatic rings. The Labute approximate surface area is 178 Å². The van der Waals surface area contributed by atoms with Crippen LogP contribution in [0.4, 0.5) is 0 Å². The monoisotopic (exact) mass is 440 g/mol. The first-order chi connectivity index (χ1) is 14.0. The number of ether oxygens (including phenoxy) is 3. The molecule has 0 amide bonds. The lowest BCUT2D eigenvalue weighted by Gasteiger charge is -2.29. The minimum Gasteiger partial charge on any atom is -0.352 e. The molecule has 0 fully saturated rings. The van der Waals surface area contributed by atoms with Gasteiger partial charge in [0.2, 0.25) is 0 Å². The number of hydrogen-bond acceptors (Lipinski definition) is 7. The Bertz CT molecular complexity index is 351. The Balaban J connectivity index is 5.44. The fourth-order valence-corrected chi connectivity index (χ4v) is 4.19.